The lowest BCUT2D eigenvalue weighted by Gasteiger charge is -2.22. The van der Waals surface area contributed by atoms with Crippen molar-refractivity contribution >= 4 is 29.6 Å². The van der Waals surface area contributed by atoms with Crippen molar-refractivity contribution < 1.29 is 29.1 Å². The SMILES string of the molecule is CC(NC(=O)C(Cc1cnc[nH]1)NC(=O)C(C)NC(=O)C(N)CC(N)=O)C(=O)O. The van der Waals surface area contributed by atoms with Crippen LogP contribution in [0.4, 0.5) is 0 Å². The van der Waals surface area contributed by atoms with E-state index in [1.165, 1.54) is 26.4 Å². The second-order valence-electron chi connectivity index (χ2n) is 6.42. The highest BCUT2D eigenvalue weighted by molar-refractivity contribution is 5.94. The maximum Gasteiger partial charge on any atom is 0.325 e. The summed E-state index contributed by atoms with van der Waals surface area (Å²) < 4.78 is 0. The second kappa shape index (κ2) is 10.8. The molecule has 4 atom stereocenters. The Bertz CT molecular complexity index is 751. The maximum absolute atomic E-state index is 12.4. The van der Waals surface area contributed by atoms with Crippen LogP contribution in [-0.2, 0) is 30.4 Å². The van der Waals surface area contributed by atoms with Gasteiger partial charge in [0, 0.05) is 18.3 Å². The molecule has 0 aliphatic carbocycles. The average molecular weight is 411 g/mol. The average Bonchev–Trinajstić information content (AvgIpc) is 3.13. The molecule has 1 aromatic heterocycles. The highest BCUT2D eigenvalue weighted by atomic mass is 16.4. The second-order valence-corrected chi connectivity index (χ2v) is 6.42. The fourth-order valence-electron chi connectivity index (χ4n) is 2.19. The van der Waals surface area contributed by atoms with Crippen molar-refractivity contribution in [2.45, 2.75) is 50.9 Å². The summed E-state index contributed by atoms with van der Waals surface area (Å²) in [4.78, 5) is 65.1. The van der Waals surface area contributed by atoms with Gasteiger partial charge in [0.1, 0.15) is 18.1 Å². The number of amides is 4. The maximum atomic E-state index is 12.4. The van der Waals surface area contributed by atoms with Crippen molar-refractivity contribution in [1.29, 1.82) is 0 Å². The summed E-state index contributed by atoms with van der Waals surface area (Å²) in [5.41, 5.74) is 11.0. The molecule has 13 nitrogen and oxygen atoms in total. The number of nitrogens with zero attached hydrogens (tertiary/aromatic N) is 1. The number of H-pyrrole nitrogens is 1. The normalized spacial score (nSPS) is 14.7. The summed E-state index contributed by atoms with van der Waals surface area (Å²) in [7, 11) is 0. The Labute approximate surface area is 166 Å². The van der Waals surface area contributed by atoms with Crippen molar-refractivity contribution in [2.24, 2.45) is 11.5 Å². The monoisotopic (exact) mass is 411 g/mol. The first-order valence-corrected chi connectivity index (χ1v) is 8.66. The lowest BCUT2D eigenvalue weighted by atomic mass is 10.1. The molecule has 0 fully saturated rings. The molecular weight excluding hydrogens is 386 g/mol. The number of carbonyl (C=O) groups is 5. The lowest BCUT2D eigenvalue weighted by molar-refractivity contribution is -0.141. The van der Waals surface area contributed by atoms with Gasteiger partial charge >= 0.3 is 5.97 Å². The van der Waals surface area contributed by atoms with Crippen LogP contribution in [0, 0.1) is 0 Å². The van der Waals surface area contributed by atoms with Crippen molar-refractivity contribution in [3.8, 4) is 0 Å². The third-order valence-corrected chi connectivity index (χ3v) is 3.85. The summed E-state index contributed by atoms with van der Waals surface area (Å²) >= 11 is 0. The fourth-order valence-corrected chi connectivity index (χ4v) is 2.19. The highest BCUT2D eigenvalue weighted by Gasteiger charge is 2.28. The Hall–Kier alpha value is -3.48. The Morgan fingerprint density at radius 2 is 1.69 bits per heavy atom. The van der Waals surface area contributed by atoms with Crippen LogP contribution < -0.4 is 27.4 Å². The molecular formula is C16H25N7O6. The molecule has 1 aromatic rings. The minimum absolute atomic E-state index is 0.00572. The minimum atomic E-state index is -1.24. The number of carboxylic acid groups (broad SMARTS) is 1. The van der Waals surface area contributed by atoms with E-state index in [4.69, 9.17) is 16.6 Å². The van der Waals surface area contributed by atoms with Gasteiger partial charge in [-0.1, -0.05) is 0 Å². The van der Waals surface area contributed by atoms with Crippen molar-refractivity contribution in [1.82, 2.24) is 25.9 Å². The molecule has 0 aromatic carbocycles. The van der Waals surface area contributed by atoms with E-state index in [2.05, 4.69) is 25.9 Å². The number of aliphatic carboxylic acids is 1. The van der Waals surface area contributed by atoms with Crippen molar-refractivity contribution in [3.05, 3.63) is 18.2 Å². The van der Waals surface area contributed by atoms with Gasteiger partial charge in [-0.2, -0.15) is 0 Å². The number of rotatable bonds is 11. The zero-order valence-corrected chi connectivity index (χ0v) is 16.0. The summed E-state index contributed by atoms with van der Waals surface area (Å²) in [6.07, 6.45) is 2.44. The fraction of sp³-hybridized carbons (Fsp3) is 0.500. The van der Waals surface area contributed by atoms with Gasteiger partial charge in [-0.15, -0.1) is 0 Å². The summed E-state index contributed by atoms with van der Waals surface area (Å²) in [5.74, 6) is -4.22. The third-order valence-electron chi connectivity index (χ3n) is 3.85. The molecule has 0 radical (unpaired) electrons. The number of aromatic amines is 1. The number of carboxylic acids is 1. The van der Waals surface area contributed by atoms with E-state index in [0.29, 0.717) is 5.69 Å². The molecule has 160 valence electrons. The van der Waals surface area contributed by atoms with E-state index in [1.807, 2.05) is 0 Å². The molecule has 0 aliphatic heterocycles. The smallest absolute Gasteiger partial charge is 0.325 e. The molecule has 1 heterocycles. The number of aromatic nitrogens is 2. The molecule has 1 rings (SSSR count). The highest BCUT2D eigenvalue weighted by Crippen LogP contribution is 2.01. The van der Waals surface area contributed by atoms with Gasteiger partial charge in [0.25, 0.3) is 0 Å². The Kier molecular flexibility index (Phi) is 8.73. The molecule has 0 spiro atoms. The first-order chi connectivity index (χ1) is 13.5. The predicted molar refractivity (Wildman–Crippen MR) is 98.9 cm³/mol. The first-order valence-electron chi connectivity index (χ1n) is 8.66. The molecule has 0 saturated carbocycles. The van der Waals surface area contributed by atoms with Crippen LogP contribution in [-0.4, -0.2) is 68.8 Å². The predicted octanol–water partition coefficient (Wildman–Crippen LogP) is -3.27. The summed E-state index contributed by atoms with van der Waals surface area (Å²) in [6.45, 7) is 2.63. The number of carbonyl (C=O) groups excluding carboxylic acids is 4. The van der Waals surface area contributed by atoms with Crippen LogP contribution >= 0.6 is 0 Å². The van der Waals surface area contributed by atoms with Gasteiger partial charge in [-0.05, 0) is 13.8 Å². The van der Waals surface area contributed by atoms with Crippen molar-refractivity contribution in [2.75, 3.05) is 0 Å². The Balaban J connectivity index is 2.78. The van der Waals surface area contributed by atoms with Crippen LogP contribution in [0.5, 0.6) is 0 Å². The van der Waals surface area contributed by atoms with Gasteiger partial charge in [0.05, 0.1) is 18.8 Å². The third kappa shape index (κ3) is 7.96. The topological polar surface area (TPSA) is 222 Å². The molecule has 0 saturated heterocycles. The number of imidazole rings is 1. The van der Waals surface area contributed by atoms with Crippen LogP contribution in [0.25, 0.3) is 0 Å². The van der Waals surface area contributed by atoms with E-state index in [9.17, 15) is 24.0 Å². The zero-order valence-electron chi connectivity index (χ0n) is 16.0. The molecule has 29 heavy (non-hydrogen) atoms. The molecule has 0 bridgehead atoms. The molecule has 4 unspecified atom stereocenters. The van der Waals surface area contributed by atoms with E-state index in [0.717, 1.165) is 0 Å². The summed E-state index contributed by atoms with van der Waals surface area (Å²) in [6, 6.07) is -4.62. The minimum Gasteiger partial charge on any atom is -0.480 e. The zero-order chi connectivity index (χ0) is 22.1. The largest absolute Gasteiger partial charge is 0.480 e. The number of nitrogens with two attached hydrogens (primary N) is 2. The summed E-state index contributed by atoms with van der Waals surface area (Å²) in [5, 5.41) is 16.0. The van der Waals surface area contributed by atoms with Crippen LogP contribution in [0.2, 0.25) is 0 Å². The van der Waals surface area contributed by atoms with E-state index in [-0.39, 0.29) is 6.42 Å². The van der Waals surface area contributed by atoms with Crippen LogP contribution in [0.15, 0.2) is 12.5 Å². The van der Waals surface area contributed by atoms with Crippen molar-refractivity contribution in [3.63, 3.8) is 0 Å². The van der Waals surface area contributed by atoms with Gasteiger partial charge in [0.2, 0.25) is 23.6 Å². The standard InChI is InChI=1S/C16H25N7O6/c1-7(21-14(26)10(17)4-12(18)24)13(25)23-11(3-9-5-19-6-20-9)15(27)22-8(2)16(28)29/h5-8,10-11H,3-4,17H2,1-2H3,(H2,18,24)(H,19,20)(H,21,26)(H,22,27)(H,23,25)(H,28,29). The lowest BCUT2D eigenvalue weighted by Crippen LogP contribution is -2.56. The number of primary amides is 1. The quantitative estimate of drug-likeness (QED) is 0.195. The molecule has 0 aliphatic rings. The molecule has 9 N–H and O–H groups in total. The molecule has 13 heteroatoms. The van der Waals surface area contributed by atoms with E-state index >= 15 is 0 Å². The first kappa shape index (κ1) is 23.6. The number of hydrogen-bond acceptors (Lipinski definition) is 7. The van der Waals surface area contributed by atoms with E-state index < -0.39 is 60.2 Å². The van der Waals surface area contributed by atoms with Gasteiger partial charge < -0.3 is 37.5 Å². The molecule has 4 amide bonds. The van der Waals surface area contributed by atoms with Gasteiger partial charge in [-0.25, -0.2) is 4.98 Å². The Morgan fingerprint density at radius 1 is 1.07 bits per heavy atom. The number of hydrogen-bond donors (Lipinski definition) is 7. The van der Waals surface area contributed by atoms with Crippen LogP contribution in [0.3, 0.4) is 0 Å². The van der Waals surface area contributed by atoms with Gasteiger partial charge in [-0.3, -0.25) is 24.0 Å². The van der Waals surface area contributed by atoms with Gasteiger partial charge in [0.15, 0.2) is 0 Å². The Morgan fingerprint density at radius 3 is 2.21 bits per heavy atom. The van der Waals surface area contributed by atoms with E-state index in [1.54, 1.807) is 0 Å². The van der Waals surface area contributed by atoms with Crippen LogP contribution in [0.1, 0.15) is 26.0 Å². The number of nitrogens with one attached hydrogen (secondary N) is 4.